The van der Waals surface area contributed by atoms with Crippen LogP contribution < -0.4 is 14.2 Å². The molecule has 2 aromatic rings. The van der Waals surface area contributed by atoms with Crippen LogP contribution in [0.15, 0.2) is 45.8 Å². The van der Waals surface area contributed by atoms with E-state index in [9.17, 15) is 34.8 Å². The van der Waals surface area contributed by atoms with Crippen molar-refractivity contribution in [3.8, 4) is 11.5 Å². The quantitative estimate of drug-likeness (QED) is 0.583. The van der Waals surface area contributed by atoms with Gasteiger partial charge in [0.15, 0.2) is 5.75 Å². The molecule has 0 atom stereocenters. The van der Waals surface area contributed by atoms with Crippen LogP contribution >= 0.6 is 15.9 Å². The van der Waals surface area contributed by atoms with E-state index < -0.39 is 50.2 Å². The van der Waals surface area contributed by atoms with E-state index in [0.29, 0.717) is 6.07 Å². The molecular formula is C15H10BrF6NO4S. The van der Waals surface area contributed by atoms with Gasteiger partial charge in [-0.15, -0.1) is 13.2 Å². The molecule has 0 saturated carbocycles. The van der Waals surface area contributed by atoms with Crippen molar-refractivity contribution in [2.75, 3.05) is 11.8 Å². The molecule has 2 rings (SSSR count). The van der Waals surface area contributed by atoms with Crippen molar-refractivity contribution in [3.63, 3.8) is 0 Å². The summed E-state index contributed by atoms with van der Waals surface area (Å²) >= 11 is 2.88. The van der Waals surface area contributed by atoms with Crippen LogP contribution in [0.3, 0.4) is 0 Å². The minimum Gasteiger partial charge on any atom is -0.496 e. The highest BCUT2D eigenvalue weighted by molar-refractivity contribution is 9.10. The zero-order valence-corrected chi connectivity index (χ0v) is 16.1. The second-order valence-electron chi connectivity index (χ2n) is 5.16. The Morgan fingerprint density at radius 2 is 1.61 bits per heavy atom. The molecule has 2 aromatic carbocycles. The number of anilines is 1. The summed E-state index contributed by atoms with van der Waals surface area (Å²) in [7, 11) is -3.72. The summed E-state index contributed by atoms with van der Waals surface area (Å²) in [6.07, 6.45) is -10.0. The zero-order valence-electron chi connectivity index (χ0n) is 13.7. The lowest BCUT2D eigenvalue weighted by molar-refractivity contribution is -0.275. The molecule has 0 unspecified atom stereocenters. The molecule has 0 heterocycles. The Balaban J connectivity index is 2.48. The first-order chi connectivity index (χ1) is 12.7. The Bertz CT molecular complexity index is 975. The normalized spacial score (nSPS) is 12.6. The van der Waals surface area contributed by atoms with Gasteiger partial charge in [-0.25, -0.2) is 8.42 Å². The maximum absolute atomic E-state index is 13.1. The number of methoxy groups -OCH3 is 1. The molecule has 0 saturated heterocycles. The van der Waals surface area contributed by atoms with Gasteiger partial charge in [-0.1, -0.05) is 15.9 Å². The van der Waals surface area contributed by atoms with Crippen molar-refractivity contribution in [3.05, 3.63) is 46.4 Å². The first-order valence-corrected chi connectivity index (χ1v) is 9.34. The predicted octanol–water partition coefficient (Wildman–Crippen LogP) is 5.18. The fraction of sp³-hybridized carbons (Fsp3) is 0.200. The van der Waals surface area contributed by atoms with Crippen LogP contribution in [0.4, 0.5) is 32.0 Å². The third-order valence-corrected chi connectivity index (χ3v) is 5.09. The van der Waals surface area contributed by atoms with Crippen LogP contribution in [0.2, 0.25) is 0 Å². The van der Waals surface area contributed by atoms with Gasteiger partial charge in [-0.3, -0.25) is 4.72 Å². The molecule has 0 aliphatic rings. The Hall–Kier alpha value is -2.15. The van der Waals surface area contributed by atoms with Crippen LogP contribution in [0.5, 0.6) is 11.5 Å². The van der Waals surface area contributed by atoms with Crippen LogP contribution in [-0.4, -0.2) is 21.9 Å². The average Bonchev–Trinajstić information content (AvgIpc) is 2.51. The third kappa shape index (κ3) is 5.44. The Morgan fingerprint density at radius 3 is 2.14 bits per heavy atom. The van der Waals surface area contributed by atoms with Gasteiger partial charge in [0.2, 0.25) is 0 Å². The third-order valence-electron chi connectivity index (χ3n) is 3.18. The van der Waals surface area contributed by atoms with E-state index in [4.69, 9.17) is 0 Å². The Labute approximate surface area is 163 Å². The number of halogens is 7. The van der Waals surface area contributed by atoms with Gasteiger partial charge in [0, 0.05) is 10.2 Å². The van der Waals surface area contributed by atoms with E-state index >= 15 is 0 Å². The molecule has 5 nitrogen and oxygen atoms in total. The number of benzene rings is 2. The minimum atomic E-state index is -5.19. The van der Waals surface area contributed by atoms with Crippen LogP contribution in [-0.2, 0) is 16.2 Å². The summed E-state index contributed by atoms with van der Waals surface area (Å²) in [6, 6.07) is 5.00. The monoisotopic (exact) mass is 493 g/mol. The van der Waals surface area contributed by atoms with E-state index in [2.05, 4.69) is 25.4 Å². The Morgan fingerprint density at radius 1 is 0.964 bits per heavy atom. The number of nitrogens with one attached hydrogen (secondary N) is 1. The molecule has 0 aliphatic carbocycles. The highest BCUT2D eigenvalue weighted by atomic mass is 79.9. The number of hydrogen-bond donors (Lipinski definition) is 1. The molecule has 28 heavy (non-hydrogen) atoms. The van der Waals surface area contributed by atoms with E-state index in [1.54, 1.807) is 4.72 Å². The first kappa shape index (κ1) is 22.1. The Kier molecular flexibility index (Phi) is 6.09. The smallest absolute Gasteiger partial charge is 0.496 e. The average molecular weight is 494 g/mol. The molecule has 0 aromatic heterocycles. The SMILES string of the molecule is COc1ccc(NS(=O)(=O)c2ccc(Br)cc2OC(F)(F)F)cc1C(F)(F)F. The summed E-state index contributed by atoms with van der Waals surface area (Å²) in [5.74, 6) is -1.61. The number of rotatable bonds is 5. The zero-order chi connectivity index (χ0) is 21.3. The van der Waals surface area contributed by atoms with Crippen molar-refractivity contribution >= 4 is 31.6 Å². The van der Waals surface area contributed by atoms with E-state index in [1.807, 2.05) is 0 Å². The van der Waals surface area contributed by atoms with Gasteiger partial charge >= 0.3 is 12.5 Å². The summed E-state index contributed by atoms with van der Waals surface area (Å²) in [4.78, 5) is -0.919. The van der Waals surface area contributed by atoms with Gasteiger partial charge in [0.05, 0.1) is 12.7 Å². The first-order valence-electron chi connectivity index (χ1n) is 7.06. The standard InChI is InChI=1S/C15H10BrF6NO4S/c1-26-11-4-3-9(7-10(11)14(17,18)19)23-28(24,25)13-5-2-8(16)6-12(13)27-15(20,21)22/h2-7,23H,1H3. The van der Waals surface area contributed by atoms with E-state index in [0.717, 1.165) is 37.4 Å². The van der Waals surface area contributed by atoms with Crippen molar-refractivity contribution in [2.45, 2.75) is 17.4 Å². The fourth-order valence-corrected chi connectivity index (χ4v) is 3.61. The summed E-state index contributed by atoms with van der Waals surface area (Å²) < 4.78 is 112. The van der Waals surface area contributed by atoms with Gasteiger partial charge in [0.25, 0.3) is 10.0 Å². The topological polar surface area (TPSA) is 64.6 Å². The largest absolute Gasteiger partial charge is 0.573 e. The maximum Gasteiger partial charge on any atom is 0.573 e. The second-order valence-corrected chi connectivity index (χ2v) is 7.72. The number of alkyl halides is 6. The number of hydrogen-bond acceptors (Lipinski definition) is 4. The second kappa shape index (κ2) is 7.70. The van der Waals surface area contributed by atoms with Crippen molar-refractivity contribution in [2.24, 2.45) is 0 Å². The van der Waals surface area contributed by atoms with Crippen LogP contribution in [0, 0.1) is 0 Å². The highest BCUT2D eigenvalue weighted by Gasteiger charge is 2.36. The predicted molar refractivity (Wildman–Crippen MR) is 89.6 cm³/mol. The lowest BCUT2D eigenvalue weighted by Gasteiger charge is -2.16. The lowest BCUT2D eigenvalue weighted by Crippen LogP contribution is -2.21. The van der Waals surface area contributed by atoms with Gasteiger partial charge < -0.3 is 9.47 Å². The molecule has 0 bridgehead atoms. The molecule has 0 fully saturated rings. The fourth-order valence-electron chi connectivity index (χ4n) is 2.11. The molecule has 0 amide bonds. The lowest BCUT2D eigenvalue weighted by atomic mass is 10.1. The summed E-state index contributed by atoms with van der Waals surface area (Å²) in [5, 5.41) is 0. The van der Waals surface area contributed by atoms with E-state index in [-0.39, 0.29) is 4.47 Å². The number of sulfonamides is 1. The highest BCUT2D eigenvalue weighted by Crippen LogP contribution is 2.39. The van der Waals surface area contributed by atoms with Gasteiger partial charge in [-0.05, 0) is 36.4 Å². The van der Waals surface area contributed by atoms with Crippen molar-refractivity contribution in [1.82, 2.24) is 0 Å². The molecule has 13 heteroatoms. The van der Waals surface area contributed by atoms with Gasteiger partial charge in [0.1, 0.15) is 10.6 Å². The van der Waals surface area contributed by atoms with Crippen LogP contribution in [0.1, 0.15) is 5.56 Å². The maximum atomic E-state index is 13.1. The molecule has 0 radical (unpaired) electrons. The minimum absolute atomic E-state index is 0.0921. The number of ether oxygens (including phenoxy) is 2. The van der Waals surface area contributed by atoms with E-state index in [1.165, 1.54) is 0 Å². The van der Waals surface area contributed by atoms with Crippen molar-refractivity contribution < 1.29 is 44.2 Å². The van der Waals surface area contributed by atoms with Gasteiger partial charge in [-0.2, -0.15) is 13.2 Å². The molecule has 0 spiro atoms. The van der Waals surface area contributed by atoms with Crippen molar-refractivity contribution in [1.29, 1.82) is 0 Å². The molecule has 1 N–H and O–H groups in total. The summed E-state index contributed by atoms with van der Waals surface area (Å²) in [5.41, 5.74) is -1.80. The van der Waals surface area contributed by atoms with Crippen LogP contribution in [0.25, 0.3) is 0 Å². The molecule has 0 aliphatic heterocycles. The summed E-state index contributed by atoms with van der Waals surface area (Å²) in [6.45, 7) is 0. The molecular weight excluding hydrogens is 484 g/mol. The molecule has 154 valence electrons.